The summed E-state index contributed by atoms with van der Waals surface area (Å²) in [7, 11) is 3.75. The Balaban J connectivity index is 1.26. The Kier molecular flexibility index (Phi) is 5.76. The van der Waals surface area contributed by atoms with Gasteiger partial charge in [0.1, 0.15) is 5.65 Å². The van der Waals surface area contributed by atoms with Crippen molar-refractivity contribution in [3.8, 4) is 5.75 Å². The standard InChI is InChI=1S/C24H32N8O2/c1-24(2,19-14-25-20-7-5-6-8-32(19)20)28-22(33)17-15-31(16-17)21-18(34-4)13-26-23(27-21)30-11-9-29(3)10-12-30/h5-8,13-14,17H,9-12,15-16H2,1-4H3,(H,28,33). The molecule has 34 heavy (non-hydrogen) atoms. The lowest BCUT2D eigenvalue weighted by molar-refractivity contribution is -0.127. The lowest BCUT2D eigenvalue weighted by atomic mass is 9.95. The molecule has 0 atom stereocenters. The van der Waals surface area contributed by atoms with Crippen LogP contribution < -0.4 is 19.9 Å². The lowest BCUT2D eigenvalue weighted by Gasteiger charge is -2.41. The van der Waals surface area contributed by atoms with E-state index in [2.05, 4.69) is 37.0 Å². The Labute approximate surface area is 199 Å². The van der Waals surface area contributed by atoms with E-state index in [1.165, 1.54) is 0 Å². The second kappa shape index (κ2) is 8.75. The molecule has 2 aliphatic rings. The van der Waals surface area contributed by atoms with E-state index >= 15 is 0 Å². The van der Waals surface area contributed by atoms with Gasteiger partial charge in [0.25, 0.3) is 0 Å². The molecule has 10 heteroatoms. The van der Waals surface area contributed by atoms with Gasteiger partial charge in [0, 0.05) is 45.5 Å². The van der Waals surface area contributed by atoms with Crippen LogP contribution in [0, 0.1) is 5.92 Å². The van der Waals surface area contributed by atoms with Crippen LogP contribution in [0.1, 0.15) is 19.5 Å². The fraction of sp³-hybridized carbons (Fsp3) is 0.500. The van der Waals surface area contributed by atoms with Crippen LogP contribution >= 0.6 is 0 Å². The van der Waals surface area contributed by atoms with Gasteiger partial charge in [0.2, 0.25) is 11.9 Å². The number of fused-ring (bicyclic) bond motifs is 1. The fourth-order valence-electron chi connectivity index (χ4n) is 4.57. The number of nitrogens with one attached hydrogen (secondary N) is 1. The number of hydrogen-bond acceptors (Lipinski definition) is 8. The predicted molar refractivity (Wildman–Crippen MR) is 130 cm³/mol. The topological polar surface area (TPSA) is 91.1 Å². The zero-order valence-electron chi connectivity index (χ0n) is 20.2. The molecule has 1 amide bonds. The van der Waals surface area contributed by atoms with Gasteiger partial charge in [0.05, 0.1) is 36.7 Å². The number of methoxy groups -OCH3 is 1. The first-order valence-electron chi connectivity index (χ1n) is 11.7. The second-order valence-electron chi connectivity index (χ2n) is 9.64. The number of rotatable bonds is 6. The highest BCUT2D eigenvalue weighted by Crippen LogP contribution is 2.33. The van der Waals surface area contributed by atoms with Crippen LogP contribution in [0.2, 0.25) is 0 Å². The van der Waals surface area contributed by atoms with Crippen molar-refractivity contribution in [2.24, 2.45) is 5.92 Å². The molecule has 3 aromatic heterocycles. The van der Waals surface area contributed by atoms with Crippen LogP contribution in [-0.2, 0) is 10.3 Å². The molecular formula is C24H32N8O2. The molecule has 0 aliphatic carbocycles. The molecule has 0 unspecified atom stereocenters. The first kappa shape index (κ1) is 22.4. The SMILES string of the molecule is COc1cnc(N2CCN(C)CC2)nc1N1CC(C(=O)NC(C)(C)c2cnc3ccccn23)C1. The number of anilines is 2. The number of nitrogens with zero attached hydrogens (tertiary/aromatic N) is 7. The van der Waals surface area contributed by atoms with E-state index in [1.54, 1.807) is 13.3 Å². The lowest BCUT2D eigenvalue weighted by Crippen LogP contribution is -2.57. The number of amides is 1. The molecule has 5 heterocycles. The quantitative estimate of drug-likeness (QED) is 0.585. The van der Waals surface area contributed by atoms with Gasteiger partial charge >= 0.3 is 0 Å². The number of imidazole rings is 1. The maximum absolute atomic E-state index is 13.1. The molecule has 0 saturated carbocycles. The molecule has 0 radical (unpaired) electrons. The summed E-state index contributed by atoms with van der Waals surface area (Å²) in [4.78, 5) is 33.5. The van der Waals surface area contributed by atoms with Crippen LogP contribution in [0.15, 0.2) is 36.8 Å². The number of aromatic nitrogens is 4. The molecule has 5 rings (SSSR count). The molecule has 1 N–H and O–H groups in total. The molecule has 0 bridgehead atoms. The Morgan fingerprint density at radius 3 is 2.59 bits per heavy atom. The summed E-state index contributed by atoms with van der Waals surface area (Å²) in [5.41, 5.74) is 1.25. The summed E-state index contributed by atoms with van der Waals surface area (Å²) in [5.74, 6) is 1.99. The third-order valence-electron chi connectivity index (χ3n) is 6.77. The highest BCUT2D eigenvalue weighted by atomic mass is 16.5. The summed E-state index contributed by atoms with van der Waals surface area (Å²) >= 11 is 0. The second-order valence-corrected chi connectivity index (χ2v) is 9.64. The van der Waals surface area contributed by atoms with Crippen LogP contribution in [0.5, 0.6) is 5.75 Å². The highest BCUT2D eigenvalue weighted by Gasteiger charge is 2.38. The minimum Gasteiger partial charge on any atom is -0.491 e. The summed E-state index contributed by atoms with van der Waals surface area (Å²) in [5, 5.41) is 3.22. The predicted octanol–water partition coefficient (Wildman–Crippen LogP) is 1.37. The fourth-order valence-corrected chi connectivity index (χ4v) is 4.57. The number of ether oxygens (including phenoxy) is 1. The summed E-state index contributed by atoms with van der Waals surface area (Å²) in [6.07, 6.45) is 5.53. The van der Waals surface area contributed by atoms with E-state index in [9.17, 15) is 4.79 Å². The van der Waals surface area contributed by atoms with Crippen molar-refractivity contribution >= 4 is 23.3 Å². The average Bonchev–Trinajstić information content (AvgIpc) is 3.23. The van der Waals surface area contributed by atoms with Gasteiger partial charge in [-0.15, -0.1) is 0 Å². The van der Waals surface area contributed by atoms with Crippen molar-refractivity contribution in [2.45, 2.75) is 19.4 Å². The first-order valence-corrected chi connectivity index (χ1v) is 11.7. The third-order valence-corrected chi connectivity index (χ3v) is 6.77. The van der Waals surface area contributed by atoms with Gasteiger partial charge in [-0.2, -0.15) is 4.98 Å². The van der Waals surface area contributed by atoms with Crippen LogP contribution in [0.4, 0.5) is 11.8 Å². The van der Waals surface area contributed by atoms with Gasteiger partial charge in [-0.3, -0.25) is 4.79 Å². The first-order chi connectivity index (χ1) is 16.4. The molecular weight excluding hydrogens is 432 g/mol. The largest absolute Gasteiger partial charge is 0.491 e. The van der Waals surface area contributed by atoms with Crippen molar-refractivity contribution in [3.05, 3.63) is 42.5 Å². The maximum Gasteiger partial charge on any atom is 0.227 e. The number of hydrogen-bond donors (Lipinski definition) is 1. The number of likely N-dealkylation sites (N-methyl/N-ethyl adjacent to an activating group) is 1. The van der Waals surface area contributed by atoms with Crippen molar-refractivity contribution in [3.63, 3.8) is 0 Å². The van der Waals surface area contributed by atoms with Gasteiger partial charge < -0.3 is 29.2 Å². The number of piperazine rings is 1. The van der Waals surface area contributed by atoms with Gasteiger partial charge in [-0.25, -0.2) is 9.97 Å². The van der Waals surface area contributed by atoms with E-state index in [-0.39, 0.29) is 11.8 Å². The van der Waals surface area contributed by atoms with E-state index in [4.69, 9.17) is 9.72 Å². The average molecular weight is 465 g/mol. The Morgan fingerprint density at radius 1 is 1.09 bits per heavy atom. The van der Waals surface area contributed by atoms with Crippen LogP contribution in [0.25, 0.3) is 5.65 Å². The maximum atomic E-state index is 13.1. The van der Waals surface area contributed by atoms with Crippen LogP contribution in [0.3, 0.4) is 0 Å². The third kappa shape index (κ3) is 4.13. The number of carbonyl (C=O) groups excluding carboxylic acids is 1. The Hall–Kier alpha value is -3.40. The molecule has 2 aliphatic heterocycles. The van der Waals surface area contributed by atoms with Crippen molar-refractivity contribution in [2.75, 3.05) is 63.2 Å². The molecule has 3 aromatic rings. The zero-order valence-corrected chi connectivity index (χ0v) is 20.2. The summed E-state index contributed by atoms with van der Waals surface area (Å²) in [6, 6.07) is 5.87. The van der Waals surface area contributed by atoms with Gasteiger partial charge in [0.15, 0.2) is 11.6 Å². The number of carbonyl (C=O) groups is 1. The zero-order chi connectivity index (χ0) is 23.9. The van der Waals surface area contributed by atoms with Gasteiger partial charge in [-0.05, 0) is 33.0 Å². The Morgan fingerprint density at radius 2 is 1.85 bits per heavy atom. The molecule has 2 saturated heterocycles. The normalized spacial score (nSPS) is 17.6. The Bertz CT molecular complexity index is 1180. The van der Waals surface area contributed by atoms with Gasteiger partial charge in [-0.1, -0.05) is 6.07 Å². The van der Waals surface area contributed by atoms with E-state index in [0.717, 1.165) is 43.3 Å². The summed E-state index contributed by atoms with van der Waals surface area (Å²) in [6.45, 7) is 8.95. The van der Waals surface area contributed by atoms with E-state index in [0.29, 0.717) is 24.8 Å². The van der Waals surface area contributed by atoms with Crippen LogP contribution in [-0.4, -0.2) is 83.6 Å². The molecule has 0 aromatic carbocycles. The van der Waals surface area contributed by atoms with Crippen molar-refractivity contribution in [1.29, 1.82) is 0 Å². The number of pyridine rings is 1. The molecule has 2 fully saturated rings. The minimum atomic E-state index is -0.556. The summed E-state index contributed by atoms with van der Waals surface area (Å²) < 4.78 is 7.54. The smallest absolute Gasteiger partial charge is 0.227 e. The monoisotopic (exact) mass is 464 g/mol. The van der Waals surface area contributed by atoms with E-state index < -0.39 is 5.54 Å². The van der Waals surface area contributed by atoms with E-state index in [1.807, 2.05) is 48.8 Å². The van der Waals surface area contributed by atoms with Crippen molar-refractivity contribution in [1.82, 2.24) is 29.6 Å². The molecule has 0 spiro atoms. The highest BCUT2D eigenvalue weighted by molar-refractivity contribution is 5.83. The molecule has 180 valence electrons. The minimum absolute atomic E-state index is 0.0273. The molecule has 10 nitrogen and oxygen atoms in total. The van der Waals surface area contributed by atoms with Crippen molar-refractivity contribution < 1.29 is 9.53 Å².